The average molecular weight is 487 g/mol. The number of carbonyl (C=O) groups is 1. The van der Waals surface area contributed by atoms with Crippen molar-refractivity contribution in [2.24, 2.45) is 0 Å². The van der Waals surface area contributed by atoms with Crippen molar-refractivity contribution in [3.05, 3.63) is 51.3 Å². The van der Waals surface area contributed by atoms with E-state index >= 15 is 0 Å². The summed E-state index contributed by atoms with van der Waals surface area (Å²) in [6.07, 6.45) is 1.12. The molecular formula is C18H18Br2FN3O2. The monoisotopic (exact) mass is 485 g/mol. The van der Waals surface area contributed by atoms with Gasteiger partial charge in [-0.25, -0.2) is 9.37 Å². The molecule has 5 nitrogen and oxygen atoms in total. The topological polar surface area (TPSA) is 45.7 Å². The molecule has 0 spiro atoms. The number of amides is 1. The molecule has 1 aliphatic rings. The summed E-state index contributed by atoms with van der Waals surface area (Å²) in [4.78, 5) is 21.0. The number of halogens is 3. The van der Waals surface area contributed by atoms with Gasteiger partial charge in [0.05, 0.1) is 4.47 Å². The molecule has 1 saturated heterocycles. The van der Waals surface area contributed by atoms with Crippen LogP contribution in [0.15, 0.2) is 45.5 Å². The highest BCUT2D eigenvalue weighted by Gasteiger charge is 2.27. The first-order valence-corrected chi connectivity index (χ1v) is 9.79. The lowest BCUT2D eigenvalue weighted by Crippen LogP contribution is -2.52. The molecule has 0 aliphatic carbocycles. The van der Waals surface area contributed by atoms with E-state index < -0.39 is 6.10 Å². The maximum Gasteiger partial charge on any atom is 0.263 e. The minimum absolute atomic E-state index is 0.0790. The predicted octanol–water partition coefficient (Wildman–Crippen LogP) is 3.86. The molecular weight excluding hydrogens is 469 g/mol. The van der Waals surface area contributed by atoms with Crippen LogP contribution in [-0.2, 0) is 4.79 Å². The number of carbonyl (C=O) groups excluding carboxylic acids is 1. The summed E-state index contributed by atoms with van der Waals surface area (Å²) in [6, 6.07) is 8.05. The van der Waals surface area contributed by atoms with Crippen LogP contribution in [0.25, 0.3) is 0 Å². The number of aromatic nitrogens is 1. The lowest BCUT2D eigenvalue weighted by atomic mass is 10.2. The summed E-state index contributed by atoms with van der Waals surface area (Å²) in [6.45, 7) is 4.35. The van der Waals surface area contributed by atoms with Gasteiger partial charge in [0, 0.05) is 36.8 Å². The first kappa shape index (κ1) is 19.1. The van der Waals surface area contributed by atoms with Crippen LogP contribution in [-0.4, -0.2) is 48.1 Å². The summed E-state index contributed by atoms with van der Waals surface area (Å²) in [5, 5.41) is 0. The third-order valence-corrected chi connectivity index (χ3v) is 5.26. The molecule has 26 heavy (non-hydrogen) atoms. The zero-order chi connectivity index (χ0) is 18.7. The van der Waals surface area contributed by atoms with E-state index in [4.69, 9.17) is 4.74 Å². The van der Waals surface area contributed by atoms with Gasteiger partial charge in [-0.05, 0) is 69.1 Å². The normalized spacial score (nSPS) is 15.7. The number of ether oxygens (including phenoxy) is 1. The summed E-state index contributed by atoms with van der Waals surface area (Å²) < 4.78 is 20.3. The van der Waals surface area contributed by atoms with Crippen LogP contribution in [0.2, 0.25) is 0 Å². The molecule has 2 heterocycles. The highest BCUT2D eigenvalue weighted by atomic mass is 79.9. The van der Waals surface area contributed by atoms with Crippen molar-refractivity contribution in [2.45, 2.75) is 13.0 Å². The molecule has 1 atom stereocenters. The number of anilines is 1. The maximum absolute atomic E-state index is 13.2. The molecule has 0 radical (unpaired) electrons. The highest BCUT2D eigenvalue weighted by Crippen LogP contribution is 2.27. The van der Waals surface area contributed by atoms with Gasteiger partial charge in [-0.1, -0.05) is 0 Å². The van der Waals surface area contributed by atoms with Crippen molar-refractivity contribution in [1.29, 1.82) is 0 Å². The Morgan fingerprint density at radius 2 is 1.92 bits per heavy atom. The van der Waals surface area contributed by atoms with Crippen molar-refractivity contribution in [1.82, 2.24) is 9.88 Å². The number of benzene rings is 1. The van der Waals surface area contributed by atoms with E-state index in [1.807, 2.05) is 12.1 Å². The molecule has 0 saturated carbocycles. The number of nitrogens with zero attached hydrogens (tertiary/aromatic N) is 3. The fourth-order valence-electron chi connectivity index (χ4n) is 2.78. The molecule has 1 fully saturated rings. The van der Waals surface area contributed by atoms with Crippen LogP contribution in [0.5, 0.6) is 5.75 Å². The smallest absolute Gasteiger partial charge is 0.263 e. The van der Waals surface area contributed by atoms with Crippen LogP contribution < -0.4 is 9.64 Å². The Hall–Kier alpha value is -1.67. The van der Waals surface area contributed by atoms with Gasteiger partial charge in [0.1, 0.15) is 17.4 Å². The molecule has 1 aromatic carbocycles. The van der Waals surface area contributed by atoms with E-state index in [-0.39, 0.29) is 11.7 Å². The SMILES string of the molecule is CC(Oc1ccc(F)cc1Br)C(=O)N1CCN(c2ccc(Br)cn2)CC1. The van der Waals surface area contributed by atoms with Gasteiger partial charge in [-0.15, -0.1) is 0 Å². The second-order valence-electron chi connectivity index (χ2n) is 5.98. The van der Waals surface area contributed by atoms with E-state index in [2.05, 4.69) is 41.7 Å². The van der Waals surface area contributed by atoms with Crippen molar-refractivity contribution < 1.29 is 13.9 Å². The van der Waals surface area contributed by atoms with Gasteiger partial charge < -0.3 is 14.5 Å². The van der Waals surface area contributed by atoms with Gasteiger partial charge in [0.2, 0.25) is 0 Å². The standard InChI is InChI=1S/C18H18Br2FN3O2/c1-12(26-16-4-3-14(21)10-15(16)20)18(25)24-8-6-23(7-9-24)17-5-2-13(19)11-22-17/h2-5,10-12H,6-9H2,1H3. The largest absolute Gasteiger partial charge is 0.480 e. The summed E-state index contributed by atoms with van der Waals surface area (Å²) in [5.74, 6) is 0.912. The summed E-state index contributed by atoms with van der Waals surface area (Å²) >= 11 is 6.63. The van der Waals surface area contributed by atoms with E-state index in [0.29, 0.717) is 36.4 Å². The van der Waals surface area contributed by atoms with Gasteiger partial charge in [-0.2, -0.15) is 0 Å². The molecule has 1 aliphatic heterocycles. The highest BCUT2D eigenvalue weighted by molar-refractivity contribution is 9.10. The molecule has 1 amide bonds. The Labute approximate surface area is 168 Å². The molecule has 8 heteroatoms. The number of piperazine rings is 1. The first-order valence-electron chi connectivity index (χ1n) is 8.21. The summed E-state index contributed by atoms with van der Waals surface area (Å²) in [7, 11) is 0. The van der Waals surface area contributed by atoms with Gasteiger partial charge in [0.15, 0.2) is 6.10 Å². The van der Waals surface area contributed by atoms with Crippen LogP contribution in [0, 0.1) is 5.82 Å². The molecule has 0 N–H and O–H groups in total. The third kappa shape index (κ3) is 4.54. The number of rotatable bonds is 4. The maximum atomic E-state index is 13.2. The minimum Gasteiger partial charge on any atom is -0.480 e. The van der Waals surface area contributed by atoms with E-state index in [9.17, 15) is 9.18 Å². The van der Waals surface area contributed by atoms with Crippen molar-refractivity contribution in [3.63, 3.8) is 0 Å². The zero-order valence-electron chi connectivity index (χ0n) is 14.2. The number of hydrogen-bond donors (Lipinski definition) is 0. The summed E-state index contributed by atoms with van der Waals surface area (Å²) in [5.41, 5.74) is 0. The first-order chi connectivity index (χ1) is 12.4. The van der Waals surface area contributed by atoms with E-state index in [1.165, 1.54) is 18.2 Å². The van der Waals surface area contributed by atoms with Crippen LogP contribution in [0.1, 0.15) is 6.92 Å². The Kier molecular flexibility index (Phi) is 6.13. The Bertz CT molecular complexity index is 781. The Morgan fingerprint density at radius 3 is 2.54 bits per heavy atom. The molecule has 138 valence electrons. The van der Waals surface area contributed by atoms with Crippen molar-refractivity contribution >= 4 is 43.6 Å². The molecule has 1 aromatic heterocycles. The molecule has 0 bridgehead atoms. The van der Waals surface area contributed by atoms with E-state index in [1.54, 1.807) is 18.0 Å². The number of hydrogen-bond acceptors (Lipinski definition) is 4. The second kappa shape index (κ2) is 8.35. The van der Waals surface area contributed by atoms with Gasteiger partial charge in [-0.3, -0.25) is 4.79 Å². The van der Waals surface area contributed by atoms with Crippen molar-refractivity contribution in [3.8, 4) is 5.75 Å². The second-order valence-corrected chi connectivity index (χ2v) is 7.75. The van der Waals surface area contributed by atoms with Crippen molar-refractivity contribution in [2.75, 3.05) is 31.1 Å². The zero-order valence-corrected chi connectivity index (χ0v) is 17.3. The molecule has 2 aromatic rings. The minimum atomic E-state index is -0.644. The van der Waals surface area contributed by atoms with Crippen LogP contribution in [0.3, 0.4) is 0 Å². The average Bonchev–Trinajstić information content (AvgIpc) is 2.64. The third-order valence-electron chi connectivity index (χ3n) is 4.17. The predicted molar refractivity (Wildman–Crippen MR) is 105 cm³/mol. The Balaban J connectivity index is 1.56. The van der Waals surface area contributed by atoms with E-state index in [0.717, 1.165) is 10.3 Å². The quantitative estimate of drug-likeness (QED) is 0.658. The van der Waals surface area contributed by atoms with Gasteiger partial charge in [0.25, 0.3) is 5.91 Å². The van der Waals surface area contributed by atoms with Crippen LogP contribution >= 0.6 is 31.9 Å². The van der Waals surface area contributed by atoms with Crippen LogP contribution in [0.4, 0.5) is 10.2 Å². The fourth-order valence-corrected chi connectivity index (χ4v) is 3.46. The number of pyridine rings is 1. The van der Waals surface area contributed by atoms with Gasteiger partial charge >= 0.3 is 0 Å². The molecule has 3 rings (SSSR count). The lowest BCUT2D eigenvalue weighted by Gasteiger charge is -2.36. The Morgan fingerprint density at radius 1 is 1.19 bits per heavy atom. The lowest BCUT2D eigenvalue weighted by molar-refractivity contribution is -0.138. The molecule has 1 unspecified atom stereocenters. The fraction of sp³-hybridized carbons (Fsp3) is 0.333.